The number of hydrogen-bond acceptors (Lipinski definition) is 5. The molecule has 1 unspecified atom stereocenters. The molecule has 1 amide bonds. The fourth-order valence-electron chi connectivity index (χ4n) is 3.23. The molecular weight excluding hydrogens is 416 g/mol. The van der Waals surface area contributed by atoms with E-state index >= 15 is 0 Å². The summed E-state index contributed by atoms with van der Waals surface area (Å²) >= 11 is 0. The van der Waals surface area contributed by atoms with E-state index in [9.17, 15) is 13.2 Å². The Hall–Kier alpha value is -3.52. The number of furan rings is 1. The zero-order chi connectivity index (χ0) is 22.2. The molecule has 4 aromatic rings. The third kappa shape index (κ3) is 4.34. The number of fused-ring (bicyclic) bond motifs is 3. The second kappa shape index (κ2) is 7.96. The van der Waals surface area contributed by atoms with Crippen LogP contribution in [0.4, 0.5) is 11.4 Å². The molecule has 4 rings (SSSR count). The molecule has 0 bridgehead atoms. The molecule has 1 atom stereocenters. The van der Waals surface area contributed by atoms with Gasteiger partial charge in [0, 0.05) is 29.6 Å². The van der Waals surface area contributed by atoms with Crippen LogP contribution in [-0.4, -0.2) is 33.7 Å². The number of carbonyl (C=O) groups is 1. The van der Waals surface area contributed by atoms with Gasteiger partial charge in [-0.25, -0.2) is 8.42 Å². The first-order chi connectivity index (χ1) is 14.7. The maximum absolute atomic E-state index is 12.6. The van der Waals surface area contributed by atoms with Crippen molar-refractivity contribution in [2.24, 2.45) is 0 Å². The third-order valence-corrected chi connectivity index (χ3v) is 6.23. The molecule has 7 nitrogen and oxygen atoms in total. The lowest BCUT2D eigenvalue weighted by Crippen LogP contribution is -2.30. The maximum atomic E-state index is 12.6. The molecule has 0 aliphatic heterocycles. The van der Waals surface area contributed by atoms with Crippen LogP contribution in [0.2, 0.25) is 0 Å². The number of carbonyl (C=O) groups excluding carboxylic acids is 1. The fraction of sp³-hybridized carbons (Fsp3) is 0.174. The monoisotopic (exact) mass is 438 g/mol. The highest BCUT2D eigenvalue weighted by molar-refractivity contribution is 7.92. The van der Waals surface area contributed by atoms with Crippen LogP contribution in [0.5, 0.6) is 5.75 Å². The molecule has 0 aliphatic carbocycles. The van der Waals surface area contributed by atoms with E-state index in [0.29, 0.717) is 22.7 Å². The van der Waals surface area contributed by atoms with Crippen molar-refractivity contribution in [3.8, 4) is 5.75 Å². The summed E-state index contributed by atoms with van der Waals surface area (Å²) in [4.78, 5) is 12.6. The minimum Gasteiger partial charge on any atom is -0.481 e. The van der Waals surface area contributed by atoms with Crippen molar-refractivity contribution in [1.82, 2.24) is 0 Å². The topological polar surface area (TPSA) is 88.8 Å². The van der Waals surface area contributed by atoms with Crippen molar-refractivity contribution in [1.29, 1.82) is 0 Å². The number of hydrogen-bond donors (Lipinski definition) is 1. The lowest BCUT2D eigenvalue weighted by atomic mass is 10.1. The summed E-state index contributed by atoms with van der Waals surface area (Å²) in [5.41, 5.74) is 2.60. The molecule has 8 heteroatoms. The van der Waals surface area contributed by atoms with Gasteiger partial charge in [-0.15, -0.1) is 0 Å². The summed E-state index contributed by atoms with van der Waals surface area (Å²) in [6, 6.07) is 19.8. The summed E-state index contributed by atoms with van der Waals surface area (Å²) in [5, 5.41) is 4.84. The number of amides is 1. The van der Waals surface area contributed by atoms with Crippen LogP contribution >= 0.6 is 0 Å². The Labute approximate surface area is 180 Å². The van der Waals surface area contributed by atoms with E-state index in [2.05, 4.69) is 5.32 Å². The number of para-hydroxylation sites is 1. The Morgan fingerprint density at radius 3 is 2.39 bits per heavy atom. The third-order valence-electron chi connectivity index (χ3n) is 5.03. The summed E-state index contributed by atoms with van der Waals surface area (Å²) in [6.45, 7) is 1.64. The van der Waals surface area contributed by atoms with Gasteiger partial charge in [0.15, 0.2) is 6.10 Å². The van der Waals surface area contributed by atoms with Gasteiger partial charge in [-0.3, -0.25) is 9.10 Å². The molecule has 1 aromatic heterocycles. The molecule has 0 saturated heterocycles. The van der Waals surface area contributed by atoms with Gasteiger partial charge >= 0.3 is 0 Å². The lowest BCUT2D eigenvalue weighted by Gasteiger charge is -2.18. The molecule has 1 heterocycles. The highest BCUT2D eigenvalue weighted by Gasteiger charge is 2.17. The summed E-state index contributed by atoms with van der Waals surface area (Å²) < 4.78 is 36.0. The Morgan fingerprint density at radius 2 is 1.68 bits per heavy atom. The number of nitrogens with zero attached hydrogens (tertiary/aromatic N) is 1. The molecule has 160 valence electrons. The highest BCUT2D eigenvalue weighted by Crippen LogP contribution is 2.30. The van der Waals surface area contributed by atoms with E-state index in [1.165, 1.54) is 11.4 Å². The molecule has 1 N–H and O–H groups in total. The van der Waals surface area contributed by atoms with Crippen LogP contribution in [0.15, 0.2) is 71.1 Å². The van der Waals surface area contributed by atoms with Gasteiger partial charge < -0.3 is 14.5 Å². The smallest absolute Gasteiger partial charge is 0.265 e. The van der Waals surface area contributed by atoms with Crippen molar-refractivity contribution in [3.05, 3.63) is 66.7 Å². The van der Waals surface area contributed by atoms with Gasteiger partial charge in [0.2, 0.25) is 10.0 Å². The molecule has 31 heavy (non-hydrogen) atoms. The summed E-state index contributed by atoms with van der Waals surface area (Å²) in [5.74, 6) is 0.147. The highest BCUT2D eigenvalue weighted by atomic mass is 32.2. The van der Waals surface area contributed by atoms with E-state index < -0.39 is 16.1 Å². The van der Waals surface area contributed by atoms with Crippen LogP contribution in [0.25, 0.3) is 21.9 Å². The van der Waals surface area contributed by atoms with Gasteiger partial charge in [-0.2, -0.15) is 0 Å². The minimum absolute atomic E-state index is 0.312. The van der Waals surface area contributed by atoms with Gasteiger partial charge in [0.25, 0.3) is 5.91 Å². The van der Waals surface area contributed by atoms with Gasteiger partial charge in [-0.05, 0) is 49.4 Å². The Kier molecular flexibility index (Phi) is 5.32. The molecular formula is C23H22N2O5S. The lowest BCUT2D eigenvalue weighted by molar-refractivity contribution is -0.122. The van der Waals surface area contributed by atoms with Crippen molar-refractivity contribution in [3.63, 3.8) is 0 Å². The molecule has 0 saturated carbocycles. The molecule has 3 aromatic carbocycles. The molecule has 0 fully saturated rings. The Bertz CT molecular complexity index is 1360. The van der Waals surface area contributed by atoms with Crippen LogP contribution in [0.3, 0.4) is 0 Å². The maximum Gasteiger partial charge on any atom is 0.265 e. The van der Waals surface area contributed by atoms with E-state index in [-0.39, 0.29) is 5.91 Å². The van der Waals surface area contributed by atoms with Gasteiger partial charge in [0.05, 0.1) is 11.9 Å². The van der Waals surface area contributed by atoms with E-state index in [4.69, 9.17) is 9.15 Å². The van der Waals surface area contributed by atoms with E-state index in [0.717, 1.165) is 22.6 Å². The van der Waals surface area contributed by atoms with Crippen molar-refractivity contribution >= 4 is 49.2 Å². The number of sulfonamides is 1. The van der Waals surface area contributed by atoms with Crippen molar-refractivity contribution in [2.75, 3.05) is 22.9 Å². The zero-order valence-electron chi connectivity index (χ0n) is 17.3. The molecule has 0 spiro atoms. The van der Waals surface area contributed by atoms with Crippen LogP contribution in [0, 0.1) is 0 Å². The first kappa shape index (κ1) is 20.7. The average molecular weight is 439 g/mol. The fourth-order valence-corrected chi connectivity index (χ4v) is 3.74. The number of nitrogens with one attached hydrogen (secondary N) is 1. The van der Waals surface area contributed by atoms with Gasteiger partial charge in [0.1, 0.15) is 16.9 Å². The predicted molar refractivity (Wildman–Crippen MR) is 122 cm³/mol. The molecule has 0 radical (unpaired) electrons. The Morgan fingerprint density at radius 1 is 1.00 bits per heavy atom. The summed E-state index contributed by atoms with van der Waals surface area (Å²) in [6.07, 6.45) is 0.372. The normalized spacial score (nSPS) is 12.6. The predicted octanol–water partition coefficient (Wildman–Crippen LogP) is 4.39. The van der Waals surface area contributed by atoms with Crippen molar-refractivity contribution < 1.29 is 22.4 Å². The number of anilines is 2. The van der Waals surface area contributed by atoms with E-state index in [1.54, 1.807) is 37.3 Å². The largest absolute Gasteiger partial charge is 0.481 e. The zero-order valence-corrected chi connectivity index (χ0v) is 18.1. The second-order valence-corrected chi connectivity index (χ2v) is 9.30. The SMILES string of the molecule is CC(Oc1ccc(N(C)S(C)(=O)=O)cc1)C(=O)Nc1ccc2c(c1)oc1ccccc12. The van der Waals surface area contributed by atoms with Crippen LogP contribution < -0.4 is 14.4 Å². The number of rotatable bonds is 6. The molecule has 0 aliphatic rings. The Balaban J connectivity index is 1.44. The number of ether oxygens (including phenoxy) is 1. The van der Waals surface area contributed by atoms with E-state index in [1.807, 2.05) is 36.4 Å². The first-order valence-corrected chi connectivity index (χ1v) is 11.5. The number of benzene rings is 3. The standard InChI is InChI=1S/C23H22N2O5S/c1-15(29-18-11-9-17(10-12-18)25(2)31(3,27)28)23(26)24-16-8-13-20-19-6-4-5-7-21(19)30-22(20)14-16/h4-15H,1-3H3,(H,24,26). The van der Waals surface area contributed by atoms with Crippen LogP contribution in [-0.2, 0) is 14.8 Å². The average Bonchev–Trinajstić information content (AvgIpc) is 3.10. The second-order valence-electron chi connectivity index (χ2n) is 7.28. The first-order valence-electron chi connectivity index (χ1n) is 9.65. The minimum atomic E-state index is -3.34. The van der Waals surface area contributed by atoms with Gasteiger partial charge in [-0.1, -0.05) is 18.2 Å². The summed E-state index contributed by atoms with van der Waals surface area (Å²) in [7, 11) is -1.87. The van der Waals surface area contributed by atoms with Crippen molar-refractivity contribution in [2.45, 2.75) is 13.0 Å². The van der Waals surface area contributed by atoms with Crippen LogP contribution in [0.1, 0.15) is 6.92 Å². The quantitative estimate of drug-likeness (QED) is 0.482.